The molecule has 1 aliphatic rings. The second kappa shape index (κ2) is 6.37. The molecule has 9 heteroatoms. The number of rotatable bonds is 4. The fourth-order valence-electron chi connectivity index (χ4n) is 2.41. The van der Waals surface area contributed by atoms with Gasteiger partial charge in [-0.3, -0.25) is 4.79 Å². The van der Waals surface area contributed by atoms with Crippen LogP contribution in [0.1, 0.15) is 12.2 Å². The van der Waals surface area contributed by atoms with E-state index in [-0.39, 0.29) is 23.1 Å². The number of aromatic nitrogens is 3. The molecule has 0 spiro atoms. The number of carbonyl (C=O) groups is 1. The Kier molecular flexibility index (Phi) is 4.28. The molecule has 3 rings (SSSR count). The van der Waals surface area contributed by atoms with Gasteiger partial charge in [-0.25, -0.2) is 4.39 Å². The number of benzene rings is 1. The van der Waals surface area contributed by atoms with Crippen LogP contribution in [0.25, 0.3) is 0 Å². The molecule has 0 saturated carbocycles. The minimum absolute atomic E-state index is 0.0545. The summed E-state index contributed by atoms with van der Waals surface area (Å²) in [6, 6.07) is 6.26. The van der Waals surface area contributed by atoms with Gasteiger partial charge in [-0.2, -0.15) is 15.0 Å². The molecule has 1 atom stereocenters. The average Bonchev–Trinajstić information content (AvgIpc) is 2.86. The summed E-state index contributed by atoms with van der Waals surface area (Å²) in [6.45, 7) is 0.485. The molecule has 120 valence electrons. The standard InChI is InChI=1S/C14H15FN6OS/c15-8-3-1-2-4-9(8)21-6-5-10(12(21)22)23-7-11-18-13(16)20-14(17)19-11/h1-4,10H,5-7H2,(H4,16,17,18,19,20). The van der Waals surface area contributed by atoms with Gasteiger partial charge in [0.1, 0.15) is 11.6 Å². The largest absolute Gasteiger partial charge is 0.368 e. The molecule has 1 aromatic heterocycles. The summed E-state index contributed by atoms with van der Waals surface area (Å²) < 4.78 is 13.8. The summed E-state index contributed by atoms with van der Waals surface area (Å²) in [5.41, 5.74) is 11.3. The van der Waals surface area contributed by atoms with Crippen molar-refractivity contribution in [3.05, 3.63) is 35.9 Å². The maximum atomic E-state index is 13.8. The number of para-hydroxylation sites is 1. The van der Waals surface area contributed by atoms with E-state index < -0.39 is 5.82 Å². The molecule has 1 unspecified atom stereocenters. The fraction of sp³-hybridized carbons (Fsp3) is 0.286. The maximum absolute atomic E-state index is 13.8. The molecule has 1 fully saturated rings. The van der Waals surface area contributed by atoms with E-state index in [0.29, 0.717) is 30.2 Å². The van der Waals surface area contributed by atoms with Crippen molar-refractivity contribution in [3.63, 3.8) is 0 Å². The highest BCUT2D eigenvalue weighted by atomic mass is 32.2. The molecule has 1 amide bonds. The van der Waals surface area contributed by atoms with Crippen LogP contribution in [0.3, 0.4) is 0 Å². The molecule has 2 aromatic rings. The van der Waals surface area contributed by atoms with Gasteiger partial charge in [0.05, 0.1) is 16.7 Å². The lowest BCUT2D eigenvalue weighted by molar-refractivity contribution is -0.116. The molecule has 1 aromatic carbocycles. The van der Waals surface area contributed by atoms with Crippen LogP contribution < -0.4 is 16.4 Å². The minimum atomic E-state index is -0.399. The van der Waals surface area contributed by atoms with Crippen LogP contribution in [-0.4, -0.2) is 32.7 Å². The van der Waals surface area contributed by atoms with E-state index in [1.54, 1.807) is 18.2 Å². The molecule has 1 saturated heterocycles. The number of nitrogen functional groups attached to an aromatic ring is 2. The van der Waals surface area contributed by atoms with E-state index >= 15 is 0 Å². The maximum Gasteiger partial charge on any atom is 0.240 e. The van der Waals surface area contributed by atoms with Crippen LogP contribution in [0.4, 0.5) is 22.0 Å². The van der Waals surface area contributed by atoms with E-state index in [1.165, 1.54) is 22.7 Å². The van der Waals surface area contributed by atoms with Gasteiger partial charge in [0.25, 0.3) is 0 Å². The average molecular weight is 334 g/mol. The van der Waals surface area contributed by atoms with Crippen molar-refractivity contribution in [1.29, 1.82) is 0 Å². The molecule has 0 aliphatic carbocycles. The van der Waals surface area contributed by atoms with E-state index in [2.05, 4.69) is 15.0 Å². The van der Waals surface area contributed by atoms with Gasteiger partial charge in [0.2, 0.25) is 17.8 Å². The Morgan fingerprint density at radius 1 is 1.22 bits per heavy atom. The van der Waals surface area contributed by atoms with Gasteiger partial charge in [-0.15, -0.1) is 11.8 Å². The van der Waals surface area contributed by atoms with Gasteiger partial charge in [0, 0.05) is 6.54 Å². The Morgan fingerprint density at radius 2 is 1.91 bits per heavy atom. The topological polar surface area (TPSA) is 111 Å². The summed E-state index contributed by atoms with van der Waals surface area (Å²) in [7, 11) is 0. The van der Waals surface area contributed by atoms with Crippen molar-refractivity contribution in [2.45, 2.75) is 17.4 Å². The van der Waals surface area contributed by atoms with Crippen molar-refractivity contribution in [2.75, 3.05) is 22.9 Å². The number of anilines is 3. The first kappa shape index (κ1) is 15.5. The van der Waals surface area contributed by atoms with Crippen LogP contribution in [0.5, 0.6) is 0 Å². The summed E-state index contributed by atoms with van der Waals surface area (Å²) >= 11 is 1.39. The first-order valence-corrected chi connectivity index (χ1v) is 8.03. The lowest BCUT2D eigenvalue weighted by Crippen LogP contribution is -2.28. The Labute approximate surface area is 136 Å². The summed E-state index contributed by atoms with van der Waals surface area (Å²) in [4.78, 5) is 25.6. The van der Waals surface area contributed by atoms with Gasteiger partial charge >= 0.3 is 0 Å². The Bertz CT molecular complexity index is 723. The van der Waals surface area contributed by atoms with Crippen molar-refractivity contribution in [2.24, 2.45) is 0 Å². The van der Waals surface area contributed by atoms with Gasteiger partial charge in [0.15, 0.2) is 0 Å². The van der Waals surface area contributed by atoms with Gasteiger partial charge in [-0.05, 0) is 18.6 Å². The summed E-state index contributed by atoms with van der Waals surface area (Å²) in [5, 5.41) is -0.270. The van der Waals surface area contributed by atoms with Crippen LogP contribution in [0.2, 0.25) is 0 Å². The van der Waals surface area contributed by atoms with Gasteiger partial charge < -0.3 is 16.4 Å². The molecule has 2 heterocycles. The number of thioether (sulfide) groups is 1. The highest BCUT2D eigenvalue weighted by Crippen LogP contribution is 2.31. The number of nitrogens with two attached hydrogens (primary N) is 2. The van der Waals surface area contributed by atoms with E-state index in [0.717, 1.165) is 0 Å². The number of hydrogen-bond acceptors (Lipinski definition) is 7. The summed E-state index contributed by atoms with van der Waals surface area (Å²) in [6.07, 6.45) is 0.633. The van der Waals surface area contributed by atoms with Crippen molar-refractivity contribution >= 4 is 35.3 Å². The molecular weight excluding hydrogens is 319 g/mol. The minimum Gasteiger partial charge on any atom is -0.368 e. The molecular formula is C14H15FN6OS. The van der Waals surface area contributed by atoms with Gasteiger partial charge in [-0.1, -0.05) is 12.1 Å². The Hall–Kier alpha value is -2.42. The Morgan fingerprint density at radius 3 is 2.61 bits per heavy atom. The smallest absolute Gasteiger partial charge is 0.240 e. The number of halogens is 1. The van der Waals surface area contributed by atoms with Crippen molar-refractivity contribution in [3.8, 4) is 0 Å². The molecule has 4 N–H and O–H groups in total. The Balaban J connectivity index is 1.67. The third-order valence-corrected chi connectivity index (χ3v) is 4.69. The zero-order valence-electron chi connectivity index (χ0n) is 12.1. The molecule has 0 radical (unpaired) electrons. The molecule has 1 aliphatic heterocycles. The van der Waals surface area contributed by atoms with Crippen LogP contribution in [0, 0.1) is 5.82 Å². The number of amides is 1. The zero-order chi connectivity index (χ0) is 16.4. The predicted molar refractivity (Wildman–Crippen MR) is 87.1 cm³/mol. The third-order valence-electron chi connectivity index (χ3n) is 3.43. The zero-order valence-corrected chi connectivity index (χ0v) is 13.0. The first-order valence-electron chi connectivity index (χ1n) is 6.98. The second-order valence-corrected chi connectivity index (χ2v) is 6.19. The second-order valence-electron chi connectivity index (χ2n) is 5.00. The number of nitrogens with zero attached hydrogens (tertiary/aromatic N) is 4. The van der Waals surface area contributed by atoms with E-state index in [1.807, 2.05) is 0 Å². The van der Waals surface area contributed by atoms with Crippen LogP contribution in [-0.2, 0) is 10.5 Å². The molecule has 23 heavy (non-hydrogen) atoms. The SMILES string of the molecule is Nc1nc(N)nc(CSC2CCN(c3ccccc3F)C2=O)n1. The fourth-order valence-corrected chi connectivity index (χ4v) is 3.44. The van der Waals surface area contributed by atoms with Crippen molar-refractivity contribution in [1.82, 2.24) is 15.0 Å². The number of hydrogen-bond donors (Lipinski definition) is 2. The number of carbonyl (C=O) groups excluding carboxylic acids is 1. The monoisotopic (exact) mass is 334 g/mol. The van der Waals surface area contributed by atoms with E-state index in [9.17, 15) is 9.18 Å². The summed E-state index contributed by atoms with van der Waals surface area (Å²) in [5.74, 6) is 0.410. The van der Waals surface area contributed by atoms with E-state index in [4.69, 9.17) is 11.5 Å². The highest BCUT2D eigenvalue weighted by Gasteiger charge is 2.34. The highest BCUT2D eigenvalue weighted by molar-refractivity contribution is 7.99. The van der Waals surface area contributed by atoms with Crippen LogP contribution >= 0.6 is 11.8 Å². The predicted octanol–water partition coefficient (Wildman–Crippen LogP) is 1.21. The lowest BCUT2D eigenvalue weighted by atomic mass is 10.3. The van der Waals surface area contributed by atoms with Crippen LogP contribution in [0.15, 0.2) is 24.3 Å². The molecule has 0 bridgehead atoms. The normalized spacial score (nSPS) is 17.7. The lowest BCUT2D eigenvalue weighted by Gasteiger charge is -2.17. The third kappa shape index (κ3) is 3.34. The quantitative estimate of drug-likeness (QED) is 0.864. The first-order chi connectivity index (χ1) is 11.0. The van der Waals surface area contributed by atoms with Crippen molar-refractivity contribution < 1.29 is 9.18 Å². The molecule has 7 nitrogen and oxygen atoms in total.